The summed E-state index contributed by atoms with van der Waals surface area (Å²) in [5.74, 6) is 0. The molecule has 1 unspecified atom stereocenters. The molecule has 0 aliphatic carbocycles. The fraction of sp³-hybridized carbons (Fsp3) is 0.286. The van der Waals surface area contributed by atoms with Crippen molar-refractivity contribution < 1.29 is 5.11 Å². The Balaban J connectivity index is 2.93. The lowest BCUT2D eigenvalue weighted by atomic mass is 10.2. The molecule has 1 heterocycles. The Bertz CT molecular complexity index is 239. The van der Waals surface area contributed by atoms with Crippen molar-refractivity contribution in [2.45, 2.75) is 6.04 Å². The molecule has 0 bridgehead atoms. The van der Waals surface area contributed by atoms with Gasteiger partial charge in [-0.2, -0.15) is 0 Å². The normalized spacial score (nSPS) is 12.9. The van der Waals surface area contributed by atoms with E-state index in [-0.39, 0.29) is 6.61 Å². The number of anilines is 1. The van der Waals surface area contributed by atoms with Crippen molar-refractivity contribution in [1.82, 2.24) is 4.98 Å². The highest BCUT2D eigenvalue weighted by molar-refractivity contribution is 5.43. The van der Waals surface area contributed by atoms with Crippen LogP contribution in [0.2, 0.25) is 0 Å². The Morgan fingerprint density at radius 2 is 2.36 bits per heavy atom. The van der Waals surface area contributed by atoms with E-state index in [4.69, 9.17) is 16.6 Å². The summed E-state index contributed by atoms with van der Waals surface area (Å²) >= 11 is 0. The molecule has 1 aromatic heterocycles. The minimum absolute atomic E-state index is 0.138. The zero-order valence-electron chi connectivity index (χ0n) is 6.07. The summed E-state index contributed by atoms with van der Waals surface area (Å²) in [6, 6.07) is 2.96. The van der Waals surface area contributed by atoms with Gasteiger partial charge in [0.15, 0.2) is 0 Å². The van der Waals surface area contributed by atoms with Crippen LogP contribution in [-0.4, -0.2) is 16.7 Å². The lowest BCUT2D eigenvalue weighted by Crippen LogP contribution is -2.17. The van der Waals surface area contributed by atoms with Gasteiger partial charge in [0.2, 0.25) is 0 Å². The number of aliphatic hydroxyl groups excluding tert-OH is 1. The fourth-order valence-electron chi connectivity index (χ4n) is 0.826. The van der Waals surface area contributed by atoms with Crippen LogP contribution in [0.4, 0.5) is 5.69 Å². The van der Waals surface area contributed by atoms with Gasteiger partial charge in [-0.25, -0.2) is 0 Å². The first-order chi connectivity index (χ1) is 5.25. The molecule has 1 aromatic rings. The van der Waals surface area contributed by atoms with E-state index in [9.17, 15) is 0 Å². The number of pyridine rings is 1. The van der Waals surface area contributed by atoms with Gasteiger partial charge in [0.05, 0.1) is 24.0 Å². The molecule has 0 saturated carbocycles. The Kier molecular flexibility index (Phi) is 2.40. The molecule has 60 valence electrons. The van der Waals surface area contributed by atoms with Crippen molar-refractivity contribution in [2.24, 2.45) is 5.73 Å². The maximum atomic E-state index is 8.69. The third-order valence-electron chi connectivity index (χ3n) is 1.42. The van der Waals surface area contributed by atoms with E-state index < -0.39 is 6.04 Å². The van der Waals surface area contributed by atoms with E-state index in [0.29, 0.717) is 11.4 Å². The molecule has 0 radical (unpaired) electrons. The number of aliphatic hydroxyl groups is 1. The molecule has 0 aliphatic heterocycles. The average molecular weight is 153 g/mol. The number of hydrogen-bond donors (Lipinski definition) is 3. The number of nitrogen functional groups attached to an aromatic ring is 1. The van der Waals surface area contributed by atoms with E-state index >= 15 is 0 Å². The third-order valence-corrected chi connectivity index (χ3v) is 1.42. The Labute approximate surface area is 64.9 Å². The number of rotatable bonds is 2. The van der Waals surface area contributed by atoms with Crippen LogP contribution in [0.25, 0.3) is 0 Å². The van der Waals surface area contributed by atoms with Gasteiger partial charge >= 0.3 is 0 Å². The molecule has 4 heteroatoms. The second-order valence-corrected chi connectivity index (χ2v) is 2.27. The largest absolute Gasteiger partial charge is 0.397 e. The first-order valence-corrected chi connectivity index (χ1v) is 3.32. The molecule has 5 N–H and O–H groups in total. The molecule has 11 heavy (non-hydrogen) atoms. The SMILES string of the molecule is Nc1cccnc1C(N)CO. The van der Waals surface area contributed by atoms with Crippen LogP contribution in [0.15, 0.2) is 18.3 Å². The van der Waals surface area contributed by atoms with E-state index in [2.05, 4.69) is 4.98 Å². The van der Waals surface area contributed by atoms with Crippen molar-refractivity contribution in [2.75, 3.05) is 12.3 Å². The van der Waals surface area contributed by atoms with Crippen LogP contribution in [0.5, 0.6) is 0 Å². The lowest BCUT2D eigenvalue weighted by Gasteiger charge is -2.08. The van der Waals surface area contributed by atoms with Gasteiger partial charge in [-0.15, -0.1) is 0 Å². The standard InChI is InChI=1S/C7H11N3O/c8-5-2-1-3-10-7(5)6(9)4-11/h1-3,6,11H,4,8-9H2. The maximum Gasteiger partial charge on any atom is 0.0823 e. The third kappa shape index (κ3) is 1.66. The number of aromatic nitrogens is 1. The summed E-state index contributed by atoms with van der Waals surface area (Å²) in [5, 5.41) is 8.69. The summed E-state index contributed by atoms with van der Waals surface area (Å²) in [5.41, 5.74) is 12.1. The van der Waals surface area contributed by atoms with E-state index in [1.807, 2.05) is 0 Å². The quantitative estimate of drug-likeness (QED) is 0.542. The summed E-state index contributed by atoms with van der Waals surface area (Å²) in [7, 11) is 0. The van der Waals surface area contributed by atoms with Crippen molar-refractivity contribution in [1.29, 1.82) is 0 Å². The van der Waals surface area contributed by atoms with Crippen LogP contribution in [-0.2, 0) is 0 Å². The summed E-state index contributed by atoms with van der Waals surface area (Å²) in [6.07, 6.45) is 1.60. The molecular formula is C7H11N3O. The topological polar surface area (TPSA) is 85.2 Å². The smallest absolute Gasteiger partial charge is 0.0823 e. The number of nitrogens with two attached hydrogens (primary N) is 2. The molecule has 0 saturated heterocycles. The second kappa shape index (κ2) is 3.32. The minimum Gasteiger partial charge on any atom is -0.397 e. The molecule has 0 aromatic carbocycles. The highest BCUT2D eigenvalue weighted by atomic mass is 16.3. The molecule has 0 amide bonds. The van der Waals surface area contributed by atoms with Crippen molar-refractivity contribution in [3.05, 3.63) is 24.0 Å². The number of hydrogen-bond acceptors (Lipinski definition) is 4. The van der Waals surface area contributed by atoms with E-state index in [1.54, 1.807) is 18.3 Å². The monoisotopic (exact) mass is 153 g/mol. The van der Waals surface area contributed by atoms with Crippen molar-refractivity contribution in [3.8, 4) is 0 Å². The van der Waals surface area contributed by atoms with Crippen LogP contribution >= 0.6 is 0 Å². The summed E-state index contributed by atoms with van der Waals surface area (Å²) < 4.78 is 0. The first-order valence-electron chi connectivity index (χ1n) is 3.32. The highest BCUT2D eigenvalue weighted by Gasteiger charge is 2.07. The second-order valence-electron chi connectivity index (χ2n) is 2.27. The van der Waals surface area contributed by atoms with E-state index in [0.717, 1.165) is 0 Å². The van der Waals surface area contributed by atoms with E-state index in [1.165, 1.54) is 0 Å². The molecular weight excluding hydrogens is 142 g/mol. The Hall–Kier alpha value is -1.13. The van der Waals surface area contributed by atoms with Gasteiger partial charge in [0, 0.05) is 6.20 Å². The molecule has 1 rings (SSSR count). The Morgan fingerprint density at radius 3 is 2.91 bits per heavy atom. The molecule has 1 atom stereocenters. The zero-order valence-corrected chi connectivity index (χ0v) is 6.07. The van der Waals surface area contributed by atoms with Crippen LogP contribution < -0.4 is 11.5 Å². The van der Waals surface area contributed by atoms with Gasteiger partial charge in [0.1, 0.15) is 0 Å². The minimum atomic E-state index is -0.476. The lowest BCUT2D eigenvalue weighted by molar-refractivity contribution is 0.266. The number of nitrogens with zero attached hydrogens (tertiary/aromatic N) is 1. The molecule has 0 fully saturated rings. The summed E-state index contributed by atoms with van der Waals surface area (Å²) in [4.78, 5) is 3.94. The maximum absolute atomic E-state index is 8.69. The highest BCUT2D eigenvalue weighted by Crippen LogP contribution is 2.13. The molecule has 0 spiro atoms. The van der Waals surface area contributed by atoms with Gasteiger partial charge in [-0.1, -0.05) is 0 Å². The predicted molar refractivity (Wildman–Crippen MR) is 42.7 cm³/mol. The molecule has 0 aliphatic rings. The van der Waals surface area contributed by atoms with Crippen LogP contribution in [0.1, 0.15) is 11.7 Å². The first kappa shape index (κ1) is 7.97. The molecule has 4 nitrogen and oxygen atoms in total. The van der Waals surface area contributed by atoms with Crippen LogP contribution in [0, 0.1) is 0 Å². The fourth-order valence-corrected chi connectivity index (χ4v) is 0.826. The Morgan fingerprint density at radius 1 is 1.64 bits per heavy atom. The van der Waals surface area contributed by atoms with Crippen molar-refractivity contribution >= 4 is 5.69 Å². The van der Waals surface area contributed by atoms with Gasteiger partial charge in [-0.3, -0.25) is 4.98 Å². The van der Waals surface area contributed by atoms with Gasteiger partial charge in [0.25, 0.3) is 0 Å². The van der Waals surface area contributed by atoms with Gasteiger partial charge < -0.3 is 16.6 Å². The zero-order chi connectivity index (χ0) is 8.27. The van der Waals surface area contributed by atoms with Crippen molar-refractivity contribution in [3.63, 3.8) is 0 Å². The van der Waals surface area contributed by atoms with Gasteiger partial charge in [-0.05, 0) is 12.1 Å². The summed E-state index contributed by atoms with van der Waals surface area (Å²) in [6.45, 7) is -0.138. The van der Waals surface area contributed by atoms with Crippen LogP contribution in [0.3, 0.4) is 0 Å². The average Bonchev–Trinajstić information content (AvgIpc) is 2.04. The predicted octanol–water partition coefficient (Wildman–Crippen LogP) is -0.344.